The summed E-state index contributed by atoms with van der Waals surface area (Å²) in [5, 5.41) is 0.482. The summed E-state index contributed by atoms with van der Waals surface area (Å²) in [6.07, 6.45) is -0.190. The van der Waals surface area contributed by atoms with E-state index in [4.69, 9.17) is 79.1 Å². The first-order chi connectivity index (χ1) is 8.78. The Morgan fingerprint density at radius 3 is 1.47 bits per heavy atom. The molecule has 0 amide bonds. The Morgan fingerprint density at radius 1 is 0.684 bits per heavy atom. The summed E-state index contributed by atoms with van der Waals surface area (Å²) in [6, 6.07) is 0. The van der Waals surface area contributed by atoms with Gasteiger partial charge in [0.2, 0.25) is 0 Å². The van der Waals surface area contributed by atoms with Crippen LogP contribution in [0.5, 0.6) is 0 Å². The van der Waals surface area contributed by atoms with E-state index in [1.807, 2.05) is 0 Å². The van der Waals surface area contributed by atoms with Crippen molar-refractivity contribution in [3.63, 3.8) is 0 Å². The molecule has 0 unspecified atom stereocenters. The number of halogens is 6. The summed E-state index contributed by atoms with van der Waals surface area (Å²) in [5.74, 6) is -0.351. The quantitative estimate of drug-likeness (QED) is 0.471. The molecular formula is C11H6Cl6O2. The molecule has 2 aliphatic carbocycles. The molecule has 0 aromatic carbocycles. The lowest BCUT2D eigenvalue weighted by molar-refractivity contribution is -0.000572. The molecule has 1 saturated carbocycles. The van der Waals surface area contributed by atoms with E-state index in [2.05, 4.69) is 0 Å². The Morgan fingerprint density at radius 2 is 1.05 bits per heavy atom. The Balaban J connectivity index is 1.80. The van der Waals surface area contributed by atoms with Gasteiger partial charge in [-0.1, -0.05) is 46.4 Å². The molecule has 5 aliphatic rings. The van der Waals surface area contributed by atoms with Crippen LogP contribution < -0.4 is 0 Å². The predicted octanol–water partition coefficient (Wildman–Crippen LogP) is 3.61. The minimum absolute atomic E-state index is 0.0638. The monoisotopic (exact) mass is 380 g/mol. The van der Waals surface area contributed by atoms with Crippen molar-refractivity contribution in [1.29, 1.82) is 0 Å². The lowest BCUT2D eigenvalue weighted by atomic mass is 9.73. The maximum Gasteiger partial charge on any atom is 0.167 e. The van der Waals surface area contributed by atoms with Crippen LogP contribution in [0.4, 0.5) is 0 Å². The van der Waals surface area contributed by atoms with Gasteiger partial charge in [-0.3, -0.25) is 0 Å². The fourth-order valence-corrected chi connectivity index (χ4v) is 7.57. The minimum Gasteiger partial charge on any atom is -0.369 e. The maximum absolute atomic E-state index is 6.74. The van der Waals surface area contributed by atoms with Gasteiger partial charge in [-0.15, -0.1) is 23.2 Å². The van der Waals surface area contributed by atoms with Gasteiger partial charge in [-0.2, -0.15) is 0 Å². The maximum atomic E-state index is 6.74. The van der Waals surface area contributed by atoms with Crippen LogP contribution >= 0.6 is 69.6 Å². The Kier molecular flexibility index (Phi) is 2.16. The van der Waals surface area contributed by atoms with Gasteiger partial charge in [-0.25, -0.2) is 0 Å². The highest BCUT2D eigenvalue weighted by atomic mass is 35.5. The van der Waals surface area contributed by atoms with Gasteiger partial charge in [0.15, 0.2) is 4.33 Å². The van der Waals surface area contributed by atoms with Gasteiger partial charge < -0.3 is 9.47 Å². The Hall–Kier alpha value is 1.40. The molecule has 5 rings (SSSR count). The van der Waals surface area contributed by atoms with Crippen molar-refractivity contribution in [2.24, 2.45) is 11.8 Å². The highest BCUT2D eigenvalue weighted by molar-refractivity contribution is 6.65. The first-order valence-electron chi connectivity index (χ1n) is 5.90. The lowest BCUT2D eigenvalue weighted by Gasteiger charge is -2.35. The second kappa shape index (κ2) is 3.19. The van der Waals surface area contributed by atoms with Crippen molar-refractivity contribution < 1.29 is 9.47 Å². The van der Waals surface area contributed by atoms with Crippen LogP contribution in [0.2, 0.25) is 0 Å². The van der Waals surface area contributed by atoms with Crippen molar-refractivity contribution in [2.75, 3.05) is 0 Å². The summed E-state index contributed by atoms with van der Waals surface area (Å²) in [7, 11) is 0. The molecule has 0 radical (unpaired) electrons. The molecule has 0 N–H and O–H groups in total. The molecule has 4 bridgehead atoms. The molecule has 4 fully saturated rings. The van der Waals surface area contributed by atoms with Crippen molar-refractivity contribution in [3.8, 4) is 0 Å². The zero-order valence-corrected chi connectivity index (χ0v) is 13.6. The Bertz CT molecular complexity index is 519. The van der Waals surface area contributed by atoms with Crippen molar-refractivity contribution in [2.45, 2.75) is 38.5 Å². The average molecular weight is 383 g/mol. The summed E-state index contributed by atoms with van der Waals surface area (Å²) in [5.41, 5.74) is 0. The molecule has 3 heterocycles. The number of hydrogen-bond acceptors (Lipinski definition) is 2. The van der Waals surface area contributed by atoms with Gasteiger partial charge in [-0.05, 0) is 0 Å². The van der Waals surface area contributed by atoms with Gasteiger partial charge in [0.25, 0.3) is 0 Å². The zero-order chi connectivity index (χ0) is 13.5. The molecule has 3 saturated heterocycles. The first kappa shape index (κ1) is 12.9. The molecule has 2 nitrogen and oxygen atoms in total. The standard InChI is InChI=1S/C11H6Cl6O2/c12-7-8(13)10(15)2-1(9(7,14)11(10,16)17)3-5-6(19-5)4(2)18-3/h1-6H/t1-,2+,3-,4+,5-,6+,9-,10+. The lowest BCUT2D eigenvalue weighted by Crippen LogP contribution is -2.47. The zero-order valence-electron chi connectivity index (χ0n) is 9.05. The van der Waals surface area contributed by atoms with Crippen LogP contribution in [0.15, 0.2) is 10.1 Å². The number of rotatable bonds is 0. The van der Waals surface area contributed by atoms with Crippen LogP contribution in [0, 0.1) is 11.8 Å². The number of allylic oxidation sites excluding steroid dienone is 2. The number of fused-ring (bicyclic) bond motifs is 12. The summed E-state index contributed by atoms with van der Waals surface area (Å²) < 4.78 is 10.1. The Labute approximate surface area is 139 Å². The first-order valence-corrected chi connectivity index (χ1v) is 8.17. The molecule has 8 atom stereocenters. The van der Waals surface area contributed by atoms with Crippen LogP contribution in [-0.4, -0.2) is 38.5 Å². The van der Waals surface area contributed by atoms with E-state index < -0.39 is 14.1 Å². The predicted molar refractivity (Wildman–Crippen MR) is 74.6 cm³/mol. The summed E-state index contributed by atoms with van der Waals surface area (Å²) in [4.78, 5) is -2.42. The molecule has 0 spiro atoms. The number of ether oxygens (including phenoxy) is 2. The van der Waals surface area contributed by atoms with E-state index >= 15 is 0 Å². The molecule has 3 aliphatic heterocycles. The molecular weight excluding hydrogens is 377 g/mol. The van der Waals surface area contributed by atoms with Crippen molar-refractivity contribution in [3.05, 3.63) is 10.1 Å². The third-order valence-corrected chi connectivity index (χ3v) is 9.57. The molecule has 0 aromatic heterocycles. The van der Waals surface area contributed by atoms with Gasteiger partial charge in [0, 0.05) is 11.8 Å². The van der Waals surface area contributed by atoms with Gasteiger partial charge in [0.05, 0.1) is 22.3 Å². The highest BCUT2D eigenvalue weighted by Gasteiger charge is 2.90. The van der Waals surface area contributed by atoms with E-state index in [-0.39, 0.29) is 46.3 Å². The SMILES string of the molecule is ClC1=C(Cl)[C@]2(Cl)[C@H]3[C@H]4O[C@H]([C@@H]5O[C@@H]54)[C@H]3[C@@]1(Cl)C2(Cl)Cl. The molecule has 19 heavy (non-hydrogen) atoms. The van der Waals surface area contributed by atoms with Gasteiger partial charge in [0.1, 0.15) is 22.0 Å². The number of hydrogen-bond donors (Lipinski definition) is 0. The van der Waals surface area contributed by atoms with Crippen LogP contribution in [0.3, 0.4) is 0 Å². The topological polar surface area (TPSA) is 21.8 Å². The van der Waals surface area contributed by atoms with Gasteiger partial charge >= 0.3 is 0 Å². The average Bonchev–Trinajstić information content (AvgIpc) is 2.91. The van der Waals surface area contributed by atoms with Crippen molar-refractivity contribution in [1.82, 2.24) is 0 Å². The highest BCUT2D eigenvalue weighted by Crippen LogP contribution is 2.81. The molecule has 8 heteroatoms. The van der Waals surface area contributed by atoms with E-state index in [1.54, 1.807) is 0 Å². The van der Waals surface area contributed by atoms with Crippen LogP contribution in [-0.2, 0) is 9.47 Å². The van der Waals surface area contributed by atoms with E-state index in [1.165, 1.54) is 0 Å². The van der Waals surface area contributed by atoms with E-state index in [9.17, 15) is 0 Å². The largest absolute Gasteiger partial charge is 0.369 e. The van der Waals surface area contributed by atoms with Crippen LogP contribution in [0.25, 0.3) is 0 Å². The van der Waals surface area contributed by atoms with E-state index in [0.29, 0.717) is 0 Å². The van der Waals surface area contributed by atoms with Crippen LogP contribution in [0.1, 0.15) is 0 Å². The number of alkyl halides is 4. The minimum atomic E-state index is -1.45. The third kappa shape index (κ3) is 0.980. The molecule has 0 aromatic rings. The van der Waals surface area contributed by atoms with Crippen molar-refractivity contribution >= 4 is 69.6 Å². The normalized spacial score (nSPS) is 66.6. The third-order valence-electron chi connectivity index (χ3n) is 5.28. The fraction of sp³-hybridized carbons (Fsp3) is 0.818. The second-order valence-corrected chi connectivity index (χ2v) is 9.08. The number of epoxide rings is 1. The molecule has 104 valence electrons. The summed E-state index contributed by atoms with van der Waals surface area (Å²) >= 11 is 39.1. The van der Waals surface area contributed by atoms with E-state index in [0.717, 1.165) is 0 Å². The smallest absolute Gasteiger partial charge is 0.167 e. The summed E-state index contributed by atoms with van der Waals surface area (Å²) in [6.45, 7) is 0. The fourth-order valence-electron chi connectivity index (χ4n) is 4.51. The second-order valence-electron chi connectivity index (χ2n) is 5.81.